The van der Waals surface area contributed by atoms with Crippen molar-refractivity contribution in [2.75, 3.05) is 45.2 Å². The summed E-state index contributed by atoms with van der Waals surface area (Å²) in [5.74, 6) is 1.39. The van der Waals surface area contributed by atoms with Gasteiger partial charge in [0.05, 0.1) is 19.3 Å². The van der Waals surface area contributed by atoms with Crippen molar-refractivity contribution in [1.29, 1.82) is 0 Å². The van der Waals surface area contributed by atoms with Crippen molar-refractivity contribution >= 4 is 22.6 Å². The monoisotopic (exact) mass is 487 g/mol. The first-order chi connectivity index (χ1) is 17.7. The summed E-state index contributed by atoms with van der Waals surface area (Å²) in [4.78, 5) is 17.1. The van der Waals surface area contributed by atoms with E-state index in [0.29, 0.717) is 29.9 Å². The average Bonchev–Trinajstić information content (AvgIpc) is 3.40. The van der Waals surface area contributed by atoms with Gasteiger partial charge in [0.15, 0.2) is 17.0 Å². The number of ether oxygens (including phenoxy) is 2. The summed E-state index contributed by atoms with van der Waals surface area (Å²) in [6, 6.07) is 21.6. The number of carbonyl (C=O) groups is 1. The minimum atomic E-state index is -0.0743. The maximum absolute atomic E-state index is 12.6. The number of hydrogen-bond donors (Lipinski definition) is 1. The normalized spacial score (nSPS) is 14.6. The van der Waals surface area contributed by atoms with Gasteiger partial charge in [0.1, 0.15) is 12.1 Å². The molecule has 186 valence electrons. The standard InChI is InChI=1S/C27H29N5O4/c1-34-25-16-21(10-11-24(25)35-19-20-6-3-2-4-7-20)17-31-12-14-32(15-13-31)18-26(33)28-22-8-5-9-23-27(22)30-36-29-23/h2-11,16H,12-15,17-19H2,1H3,(H,28,33). The number of methoxy groups -OCH3 is 1. The molecule has 1 saturated heterocycles. The van der Waals surface area contributed by atoms with Crippen LogP contribution in [0.15, 0.2) is 71.4 Å². The molecule has 4 aromatic rings. The van der Waals surface area contributed by atoms with Crippen molar-refractivity contribution in [3.05, 3.63) is 77.9 Å². The van der Waals surface area contributed by atoms with Crippen LogP contribution in [0.4, 0.5) is 5.69 Å². The van der Waals surface area contributed by atoms with Crippen molar-refractivity contribution < 1.29 is 18.9 Å². The fourth-order valence-electron chi connectivity index (χ4n) is 4.33. The van der Waals surface area contributed by atoms with Crippen molar-refractivity contribution in [2.45, 2.75) is 13.2 Å². The smallest absolute Gasteiger partial charge is 0.238 e. The third-order valence-electron chi connectivity index (χ3n) is 6.26. The van der Waals surface area contributed by atoms with Crippen LogP contribution in [0.2, 0.25) is 0 Å². The van der Waals surface area contributed by atoms with E-state index in [4.69, 9.17) is 14.1 Å². The molecular weight excluding hydrogens is 458 g/mol. The summed E-state index contributed by atoms with van der Waals surface area (Å²) in [5, 5.41) is 10.6. The van der Waals surface area contributed by atoms with E-state index >= 15 is 0 Å². The number of anilines is 1. The maximum atomic E-state index is 12.6. The number of carbonyl (C=O) groups excluding carboxylic acids is 1. The lowest BCUT2D eigenvalue weighted by Gasteiger charge is -2.34. The molecule has 0 radical (unpaired) electrons. The van der Waals surface area contributed by atoms with Gasteiger partial charge in [-0.2, -0.15) is 0 Å². The van der Waals surface area contributed by atoms with Gasteiger partial charge in [-0.25, -0.2) is 4.63 Å². The van der Waals surface area contributed by atoms with Gasteiger partial charge in [0, 0.05) is 32.7 Å². The van der Waals surface area contributed by atoms with E-state index in [2.05, 4.69) is 31.5 Å². The van der Waals surface area contributed by atoms with Gasteiger partial charge >= 0.3 is 0 Å². The topological polar surface area (TPSA) is 93.0 Å². The van der Waals surface area contributed by atoms with Crippen LogP contribution in [0.1, 0.15) is 11.1 Å². The average molecular weight is 488 g/mol. The summed E-state index contributed by atoms with van der Waals surface area (Å²) in [7, 11) is 1.66. The van der Waals surface area contributed by atoms with Crippen LogP contribution in [0.3, 0.4) is 0 Å². The molecule has 9 heteroatoms. The number of hydrogen-bond acceptors (Lipinski definition) is 8. The fraction of sp³-hybridized carbons (Fsp3) is 0.296. The van der Waals surface area contributed by atoms with E-state index in [-0.39, 0.29) is 5.91 Å². The van der Waals surface area contributed by atoms with Gasteiger partial charge in [-0.1, -0.05) is 42.5 Å². The second-order valence-electron chi connectivity index (χ2n) is 8.80. The zero-order valence-corrected chi connectivity index (χ0v) is 20.2. The lowest BCUT2D eigenvalue weighted by atomic mass is 10.1. The highest BCUT2D eigenvalue weighted by Gasteiger charge is 2.20. The Hall–Kier alpha value is -3.95. The van der Waals surface area contributed by atoms with Crippen LogP contribution in [0.25, 0.3) is 11.0 Å². The number of benzene rings is 3. The minimum absolute atomic E-state index is 0.0743. The molecule has 2 heterocycles. The van der Waals surface area contributed by atoms with Gasteiger partial charge in [0.2, 0.25) is 5.91 Å². The van der Waals surface area contributed by atoms with E-state index in [1.165, 1.54) is 5.56 Å². The zero-order chi connectivity index (χ0) is 24.7. The van der Waals surface area contributed by atoms with E-state index in [1.54, 1.807) is 19.2 Å². The molecule has 5 rings (SSSR count). The fourth-order valence-corrected chi connectivity index (χ4v) is 4.33. The van der Waals surface area contributed by atoms with E-state index < -0.39 is 0 Å². The van der Waals surface area contributed by atoms with Crippen LogP contribution in [0, 0.1) is 0 Å². The number of fused-ring (bicyclic) bond motifs is 1. The van der Waals surface area contributed by atoms with Crippen LogP contribution in [-0.4, -0.2) is 65.9 Å². The molecular formula is C27H29N5O4. The van der Waals surface area contributed by atoms with Crippen molar-refractivity contribution in [1.82, 2.24) is 20.1 Å². The Kier molecular flexibility index (Phi) is 7.39. The quantitative estimate of drug-likeness (QED) is 0.383. The molecule has 1 N–H and O–H groups in total. The predicted octanol–water partition coefficient (Wildman–Crippen LogP) is 3.57. The van der Waals surface area contributed by atoms with Gasteiger partial charge < -0.3 is 14.8 Å². The van der Waals surface area contributed by atoms with Crippen molar-refractivity contribution in [3.63, 3.8) is 0 Å². The molecule has 0 bridgehead atoms. The number of piperazine rings is 1. The lowest BCUT2D eigenvalue weighted by molar-refractivity contribution is -0.117. The highest BCUT2D eigenvalue weighted by atomic mass is 16.6. The second-order valence-corrected chi connectivity index (χ2v) is 8.80. The first-order valence-electron chi connectivity index (χ1n) is 12.0. The Morgan fingerprint density at radius 3 is 2.53 bits per heavy atom. The summed E-state index contributed by atoms with van der Waals surface area (Å²) in [5.41, 5.74) is 4.07. The number of amides is 1. The van der Waals surface area contributed by atoms with Crippen molar-refractivity contribution in [3.8, 4) is 11.5 Å². The predicted molar refractivity (Wildman–Crippen MR) is 136 cm³/mol. The van der Waals surface area contributed by atoms with Crippen LogP contribution in [-0.2, 0) is 17.9 Å². The summed E-state index contributed by atoms with van der Waals surface area (Å²) in [6.07, 6.45) is 0. The summed E-state index contributed by atoms with van der Waals surface area (Å²) >= 11 is 0. The van der Waals surface area contributed by atoms with Crippen molar-refractivity contribution in [2.24, 2.45) is 0 Å². The third-order valence-corrected chi connectivity index (χ3v) is 6.26. The Labute approximate surface area is 209 Å². The van der Waals surface area contributed by atoms with Gasteiger partial charge in [-0.3, -0.25) is 14.6 Å². The molecule has 0 saturated carbocycles. The van der Waals surface area contributed by atoms with Crippen LogP contribution < -0.4 is 14.8 Å². The molecule has 1 aromatic heterocycles. The number of rotatable bonds is 9. The molecule has 1 aliphatic rings. The van der Waals surface area contributed by atoms with E-state index in [1.807, 2.05) is 48.5 Å². The zero-order valence-electron chi connectivity index (χ0n) is 20.2. The number of nitrogens with zero attached hydrogens (tertiary/aromatic N) is 4. The summed E-state index contributed by atoms with van der Waals surface area (Å²) in [6.45, 7) is 5.04. The lowest BCUT2D eigenvalue weighted by Crippen LogP contribution is -2.48. The molecule has 3 aromatic carbocycles. The maximum Gasteiger partial charge on any atom is 0.238 e. The first kappa shape index (κ1) is 23.8. The molecule has 0 aliphatic carbocycles. The van der Waals surface area contributed by atoms with Gasteiger partial charge in [-0.15, -0.1) is 0 Å². The Morgan fingerprint density at radius 2 is 1.72 bits per heavy atom. The summed E-state index contributed by atoms with van der Waals surface area (Å²) < 4.78 is 16.3. The SMILES string of the molecule is COc1cc(CN2CCN(CC(=O)Nc3cccc4nonc34)CC2)ccc1OCc1ccccc1. The Bertz CT molecular complexity index is 1300. The Balaban J connectivity index is 1.10. The Morgan fingerprint density at radius 1 is 0.917 bits per heavy atom. The van der Waals surface area contributed by atoms with E-state index in [0.717, 1.165) is 49.8 Å². The van der Waals surface area contributed by atoms with Gasteiger partial charge in [0.25, 0.3) is 0 Å². The number of aromatic nitrogens is 2. The van der Waals surface area contributed by atoms with Gasteiger partial charge in [-0.05, 0) is 45.7 Å². The minimum Gasteiger partial charge on any atom is -0.493 e. The molecule has 1 fully saturated rings. The molecule has 0 atom stereocenters. The molecule has 0 spiro atoms. The molecule has 36 heavy (non-hydrogen) atoms. The van der Waals surface area contributed by atoms with E-state index in [9.17, 15) is 4.79 Å². The molecule has 1 amide bonds. The number of nitrogens with one attached hydrogen (secondary N) is 1. The molecule has 0 unspecified atom stereocenters. The highest BCUT2D eigenvalue weighted by molar-refractivity contribution is 5.99. The largest absolute Gasteiger partial charge is 0.493 e. The van der Waals surface area contributed by atoms with Crippen LogP contribution >= 0.6 is 0 Å². The molecule has 9 nitrogen and oxygen atoms in total. The first-order valence-corrected chi connectivity index (χ1v) is 12.0. The third kappa shape index (κ3) is 5.81. The highest BCUT2D eigenvalue weighted by Crippen LogP contribution is 2.29. The molecule has 1 aliphatic heterocycles. The van der Waals surface area contributed by atoms with Crippen LogP contribution in [0.5, 0.6) is 11.5 Å². The second kappa shape index (κ2) is 11.2.